The topological polar surface area (TPSA) is 0 Å². The fourth-order valence-corrected chi connectivity index (χ4v) is 0.885. The SMILES string of the molecule is C=C1C=CC(CC)=CC1. The normalized spacial score (nSPS) is 17.9. The lowest BCUT2D eigenvalue weighted by molar-refractivity contribution is 1.10. The Labute approximate surface area is 56.6 Å². The van der Waals surface area contributed by atoms with Gasteiger partial charge in [0.1, 0.15) is 0 Å². The van der Waals surface area contributed by atoms with E-state index in [0.717, 1.165) is 12.8 Å². The van der Waals surface area contributed by atoms with Crippen molar-refractivity contribution in [3.05, 3.63) is 36.0 Å². The van der Waals surface area contributed by atoms with Crippen molar-refractivity contribution in [2.75, 3.05) is 0 Å². The zero-order valence-corrected chi connectivity index (χ0v) is 5.85. The van der Waals surface area contributed by atoms with Crippen molar-refractivity contribution in [1.82, 2.24) is 0 Å². The van der Waals surface area contributed by atoms with Crippen LogP contribution in [0, 0.1) is 0 Å². The number of hydrogen-bond donors (Lipinski definition) is 0. The summed E-state index contributed by atoms with van der Waals surface area (Å²) in [7, 11) is 0. The monoisotopic (exact) mass is 120 g/mol. The molecule has 0 spiro atoms. The smallest absolute Gasteiger partial charge is 0.00975 e. The predicted octanol–water partition coefficient (Wildman–Crippen LogP) is 2.84. The third kappa shape index (κ3) is 1.56. The Morgan fingerprint density at radius 2 is 2.33 bits per heavy atom. The first-order chi connectivity index (χ1) is 4.33. The summed E-state index contributed by atoms with van der Waals surface area (Å²) < 4.78 is 0. The van der Waals surface area contributed by atoms with E-state index in [-0.39, 0.29) is 0 Å². The van der Waals surface area contributed by atoms with E-state index in [2.05, 4.69) is 31.7 Å². The van der Waals surface area contributed by atoms with E-state index in [0.29, 0.717) is 0 Å². The zero-order valence-electron chi connectivity index (χ0n) is 5.85. The van der Waals surface area contributed by atoms with Gasteiger partial charge in [-0.05, 0) is 12.8 Å². The highest BCUT2D eigenvalue weighted by Crippen LogP contribution is 2.15. The van der Waals surface area contributed by atoms with Gasteiger partial charge in [0.15, 0.2) is 0 Å². The largest absolute Gasteiger partial charge is 0.0955 e. The minimum absolute atomic E-state index is 1.04. The van der Waals surface area contributed by atoms with Crippen LogP contribution in [0.15, 0.2) is 36.0 Å². The molecule has 0 heterocycles. The molecule has 0 N–H and O–H groups in total. The van der Waals surface area contributed by atoms with E-state index >= 15 is 0 Å². The third-order valence-corrected chi connectivity index (χ3v) is 1.57. The molecule has 0 aromatic heterocycles. The van der Waals surface area contributed by atoms with Gasteiger partial charge in [0.05, 0.1) is 0 Å². The van der Waals surface area contributed by atoms with Crippen LogP contribution in [0.5, 0.6) is 0 Å². The van der Waals surface area contributed by atoms with Crippen LogP contribution in [0.25, 0.3) is 0 Å². The Kier molecular flexibility index (Phi) is 1.88. The van der Waals surface area contributed by atoms with Crippen LogP contribution in [0.3, 0.4) is 0 Å². The molecule has 1 aliphatic rings. The molecular formula is C9H12. The van der Waals surface area contributed by atoms with Crippen molar-refractivity contribution >= 4 is 0 Å². The summed E-state index contributed by atoms with van der Waals surface area (Å²) in [6.45, 7) is 6.02. The van der Waals surface area contributed by atoms with E-state index in [9.17, 15) is 0 Å². The molecule has 9 heavy (non-hydrogen) atoms. The Morgan fingerprint density at radius 1 is 1.56 bits per heavy atom. The fraction of sp³-hybridized carbons (Fsp3) is 0.333. The summed E-state index contributed by atoms with van der Waals surface area (Å²) in [5.41, 5.74) is 2.65. The van der Waals surface area contributed by atoms with Gasteiger partial charge >= 0.3 is 0 Å². The molecule has 0 fully saturated rings. The molecule has 0 aromatic rings. The van der Waals surface area contributed by atoms with Gasteiger partial charge in [-0.15, -0.1) is 0 Å². The van der Waals surface area contributed by atoms with Gasteiger partial charge in [-0.25, -0.2) is 0 Å². The Morgan fingerprint density at radius 3 is 2.78 bits per heavy atom. The maximum absolute atomic E-state index is 3.85. The molecule has 0 heteroatoms. The summed E-state index contributed by atoms with van der Waals surface area (Å²) >= 11 is 0. The van der Waals surface area contributed by atoms with Crippen molar-refractivity contribution in [1.29, 1.82) is 0 Å². The lowest BCUT2D eigenvalue weighted by Crippen LogP contribution is -1.84. The molecule has 0 radical (unpaired) electrons. The van der Waals surface area contributed by atoms with Gasteiger partial charge < -0.3 is 0 Å². The van der Waals surface area contributed by atoms with Crippen molar-refractivity contribution in [2.45, 2.75) is 19.8 Å². The third-order valence-electron chi connectivity index (χ3n) is 1.57. The summed E-state index contributed by atoms with van der Waals surface area (Å²) in [5.74, 6) is 0. The Hall–Kier alpha value is -0.780. The highest BCUT2D eigenvalue weighted by molar-refractivity contribution is 5.33. The first kappa shape index (κ1) is 6.34. The van der Waals surface area contributed by atoms with E-state index in [4.69, 9.17) is 0 Å². The molecule has 1 rings (SSSR count). The first-order valence-electron chi connectivity index (χ1n) is 3.38. The predicted molar refractivity (Wildman–Crippen MR) is 41.3 cm³/mol. The van der Waals surface area contributed by atoms with Crippen molar-refractivity contribution in [2.24, 2.45) is 0 Å². The molecule has 0 bridgehead atoms. The number of hydrogen-bond acceptors (Lipinski definition) is 0. The van der Waals surface area contributed by atoms with E-state index in [1.54, 1.807) is 0 Å². The fourth-order valence-electron chi connectivity index (χ4n) is 0.885. The maximum atomic E-state index is 3.85. The molecule has 0 nitrogen and oxygen atoms in total. The van der Waals surface area contributed by atoms with Gasteiger partial charge in [0, 0.05) is 0 Å². The van der Waals surface area contributed by atoms with E-state index in [1.165, 1.54) is 11.1 Å². The molecule has 0 saturated heterocycles. The molecular weight excluding hydrogens is 108 g/mol. The average molecular weight is 120 g/mol. The second kappa shape index (κ2) is 2.67. The number of allylic oxidation sites excluding steroid dienone is 5. The van der Waals surface area contributed by atoms with Gasteiger partial charge in [0.25, 0.3) is 0 Å². The minimum atomic E-state index is 1.04. The van der Waals surface area contributed by atoms with Crippen LogP contribution in [0.4, 0.5) is 0 Å². The molecule has 0 atom stereocenters. The highest BCUT2D eigenvalue weighted by atomic mass is 14.0. The van der Waals surface area contributed by atoms with Crippen LogP contribution < -0.4 is 0 Å². The standard InChI is InChI=1S/C9H12/c1-3-9-6-4-8(2)5-7-9/h4,6-7H,2-3,5H2,1H3. The first-order valence-corrected chi connectivity index (χ1v) is 3.38. The van der Waals surface area contributed by atoms with Crippen molar-refractivity contribution in [3.8, 4) is 0 Å². The van der Waals surface area contributed by atoms with Gasteiger partial charge in [0.2, 0.25) is 0 Å². The van der Waals surface area contributed by atoms with Crippen LogP contribution in [-0.4, -0.2) is 0 Å². The molecule has 1 aliphatic carbocycles. The van der Waals surface area contributed by atoms with E-state index < -0.39 is 0 Å². The Bertz CT molecular complexity index is 170. The summed E-state index contributed by atoms with van der Waals surface area (Å²) in [5, 5.41) is 0. The van der Waals surface area contributed by atoms with Crippen molar-refractivity contribution < 1.29 is 0 Å². The molecule has 0 aromatic carbocycles. The average Bonchev–Trinajstić information content (AvgIpc) is 1.90. The maximum Gasteiger partial charge on any atom is -0.00975 e. The molecule has 0 unspecified atom stereocenters. The van der Waals surface area contributed by atoms with Gasteiger partial charge in [-0.3, -0.25) is 0 Å². The van der Waals surface area contributed by atoms with Gasteiger partial charge in [-0.1, -0.05) is 42.9 Å². The second-order valence-electron chi connectivity index (χ2n) is 2.33. The summed E-state index contributed by atoms with van der Waals surface area (Å²) in [6, 6.07) is 0. The highest BCUT2D eigenvalue weighted by Gasteiger charge is 1.94. The van der Waals surface area contributed by atoms with Crippen LogP contribution in [0.2, 0.25) is 0 Å². The minimum Gasteiger partial charge on any atom is -0.0955 e. The van der Waals surface area contributed by atoms with Crippen LogP contribution >= 0.6 is 0 Å². The quantitative estimate of drug-likeness (QED) is 0.499. The molecule has 48 valence electrons. The zero-order chi connectivity index (χ0) is 6.69. The lowest BCUT2D eigenvalue weighted by Gasteiger charge is -2.04. The summed E-state index contributed by atoms with van der Waals surface area (Å²) in [4.78, 5) is 0. The van der Waals surface area contributed by atoms with Crippen LogP contribution in [-0.2, 0) is 0 Å². The molecule has 0 amide bonds. The number of rotatable bonds is 1. The second-order valence-corrected chi connectivity index (χ2v) is 2.33. The Balaban J connectivity index is 2.63. The van der Waals surface area contributed by atoms with Crippen LogP contribution in [0.1, 0.15) is 19.8 Å². The molecule has 0 aliphatic heterocycles. The molecule has 0 saturated carbocycles. The van der Waals surface area contributed by atoms with Crippen molar-refractivity contribution in [3.63, 3.8) is 0 Å². The lowest BCUT2D eigenvalue weighted by atomic mass is 10.0. The van der Waals surface area contributed by atoms with Gasteiger partial charge in [-0.2, -0.15) is 0 Å². The van der Waals surface area contributed by atoms with E-state index in [1.807, 2.05) is 0 Å². The summed E-state index contributed by atoms with van der Waals surface area (Å²) in [6.07, 6.45) is 8.66.